The molecule has 72 valence electrons. The van der Waals surface area contributed by atoms with Gasteiger partial charge in [0.15, 0.2) is 0 Å². The van der Waals surface area contributed by atoms with Crippen LogP contribution in [-0.2, 0) is 6.61 Å². The Bertz CT molecular complexity index is 385. The van der Waals surface area contributed by atoms with E-state index in [0.717, 1.165) is 11.4 Å². The molecule has 1 aromatic carbocycles. The second-order valence-electron chi connectivity index (χ2n) is 2.72. The summed E-state index contributed by atoms with van der Waals surface area (Å²) >= 11 is 7.31. The number of hydrogen-bond acceptors (Lipinski definition) is 3. The fourth-order valence-corrected chi connectivity index (χ4v) is 1.67. The molecule has 1 heterocycles. The third kappa shape index (κ3) is 2.47. The van der Waals surface area contributed by atoms with Crippen molar-refractivity contribution in [2.24, 2.45) is 0 Å². The molecule has 0 atom stereocenters. The zero-order chi connectivity index (χ0) is 9.80. The maximum Gasteiger partial charge on any atom is 0.131 e. The van der Waals surface area contributed by atoms with Gasteiger partial charge in [-0.15, -0.1) is 11.3 Å². The number of hydrogen-bond donors (Lipinski definition) is 0. The van der Waals surface area contributed by atoms with Crippen LogP contribution in [-0.4, -0.2) is 4.98 Å². The summed E-state index contributed by atoms with van der Waals surface area (Å²) in [6.07, 6.45) is 0. The Hall–Kier alpha value is -1.06. The van der Waals surface area contributed by atoms with E-state index in [4.69, 9.17) is 16.3 Å². The second-order valence-corrected chi connectivity index (χ2v) is 3.88. The van der Waals surface area contributed by atoms with Crippen LogP contribution >= 0.6 is 22.9 Å². The molecule has 0 saturated carbocycles. The molecular formula is C10H8ClNOS. The lowest BCUT2D eigenvalue weighted by atomic mass is 10.3. The lowest BCUT2D eigenvalue weighted by Crippen LogP contribution is -1.94. The Morgan fingerprint density at radius 1 is 1.29 bits per heavy atom. The largest absolute Gasteiger partial charge is 0.487 e. The maximum absolute atomic E-state index is 5.75. The Balaban J connectivity index is 1.95. The van der Waals surface area contributed by atoms with Crippen LogP contribution in [0.15, 0.2) is 35.2 Å². The van der Waals surface area contributed by atoms with Crippen molar-refractivity contribution in [1.29, 1.82) is 0 Å². The first-order valence-corrected chi connectivity index (χ1v) is 5.42. The predicted molar refractivity (Wildman–Crippen MR) is 57.9 cm³/mol. The van der Waals surface area contributed by atoms with E-state index >= 15 is 0 Å². The molecule has 1 aromatic heterocycles. The molecular weight excluding hydrogens is 218 g/mol. The minimum Gasteiger partial charge on any atom is -0.487 e. The minimum absolute atomic E-state index is 0.505. The van der Waals surface area contributed by atoms with Crippen molar-refractivity contribution in [3.05, 3.63) is 45.9 Å². The molecule has 2 aromatic rings. The third-order valence-electron chi connectivity index (χ3n) is 1.68. The van der Waals surface area contributed by atoms with Crippen molar-refractivity contribution in [2.75, 3.05) is 0 Å². The van der Waals surface area contributed by atoms with E-state index in [0.29, 0.717) is 11.6 Å². The fraction of sp³-hybridized carbons (Fsp3) is 0.100. The van der Waals surface area contributed by atoms with Crippen LogP contribution in [0.5, 0.6) is 5.75 Å². The molecule has 0 aliphatic carbocycles. The van der Waals surface area contributed by atoms with Gasteiger partial charge in [0.2, 0.25) is 0 Å². The van der Waals surface area contributed by atoms with Crippen molar-refractivity contribution in [2.45, 2.75) is 6.61 Å². The SMILES string of the molecule is Clc1ccc(OCc2cscn2)cc1. The molecule has 0 radical (unpaired) electrons. The molecule has 2 nitrogen and oxygen atoms in total. The van der Waals surface area contributed by atoms with Crippen molar-refractivity contribution >= 4 is 22.9 Å². The number of ether oxygens (including phenoxy) is 1. The van der Waals surface area contributed by atoms with Crippen LogP contribution in [0, 0.1) is 0 Å². The predicted octanol–water partition coefficient (Wildman–Crippen LogP) is 3.38. The molecule has 0 amide bonds. The van der Waals surface area contributed by atoms with Crippen molar-refractivity contribution in [3.8, 4) is 5.75 Å². The third-order valence-corrected chi connectivity index (χ3v) is 2.57. The van der Waals surface area contributed by atoms with Gasteiger partial charge in [-0.1, -0.05) is 11.6 Å². The van der Waals surface area contributed by atoms with Crippen LogP contribution in [0.25, 0.3) is 0 Å². The molecule has 0 aliphatic heterocycles. The van der Waals surface area contributed by atoms with Gasteiger partial charge in [-0.3, -0.25) is 0 Å². The van der Waals surface area contributed by atoms with Gasteiger partial charge in [0, 0.05) is 10.4 Å². The van der Waals surface area contributed by atoms with Crippen LogP contribution in [0.2, 0.25) is 5.02 Å². The summed E-state index contributed by atoms with van der Waals surface area (Å²) in [7, 11) is 0. The Kier molecular flexibility index (Phi) is 3.01. The van der Waals surface area contributed by atoms with E-state index < -0.39 is 0 Å². The quantitative estimate of drug-likeness (QED) is 0.799. The molecule has 0 spiro atoms. The van der Waals surface area contributed by atoms with Gasteiger partial charge < -0.3 is 4.74 Å². The standard InChI is InChI=1S/C10H8ClNOS/c11-8-1-3-10(4-2-8)13-5-9-6-14-7-12-9/h1-4,6-7H,5H2. The van der Waals surface area contributed by atoms with Crippen molar-refractivity contribution in [3.63, 3.8) is 0 Å². The van der Waals surface area contributed by atoms with Gasteiger partial charge >= 0.3 is 0 Å². The number of rotatable bonds is 3. The molecule has 0 aliphatic rings. The summed E-state index contributed by atoms with van der Waals surface area (Å²) in [4.78, 5) is 4.12. The molecule has 0 unspecified atom stereocenters. The molecule has 0 N–H and O–H groups in total. The molecule has 4 heteroatoms. The topological polar surface area (TPSA) is 22.1 Å². The van der Waals surface area contributed by atoms with Gasteiger partial charge in [-0.05, 0) is 24.3 Å². The lowest BCUT2D eigenvalue weighted by Gasteiger charge is -2.03. The monoisotopic (exact) mass is 225 g/mol. The van der Waals surface area contributed by atoms with Crippen molar-refractivity contribution < 1.29 is 4.74 Å². The van der Waals surface area contributed by atoms with E-state index in [1.165, 1.54) is 0 Å². The molecule has 2 rings (SSSR count). The van der Waals surface area contributed by atoms with Crippen LogP contribution < -0.4 is 4.74 Å². The number of aromatic nitrogens is 1. The molecule has 0 bridgehead atoms. The van der Waals surface area contributed by atoms with E-state index in [-0.39, 0.29) is 0 Å². The van der Waals surface area contributed by atoms with E-state index in [1.807, 2.05) is 17.5 Å². The van der Waals surface area contributed by atoms with Crippen LogP contribution in [0.1, 0.15) is 5.69 Å². The summed E-state index contributed by atoms with van der Waals surface area (Å²) in [6, 6.07) is 7.29. The fourth-order valence-electron chi connectivity index (χ4n) is 0.997. The first-order valence-electron chi connectivity index (χ1n) is 4.10. The van der Waals surface area contributed by atoms with Crippen LogP contribution in [0.4, 0.5) is 0 Å². The average molecular weight is 226 g/mol. The van der Waals surface area contributed by atoms with Crippen LogP contribution in [0.3, 0.4) is 0 Å². The highest BCUT2D eigenvalue weighted by Gasteiger charge is 1.96. The zero-order valence-corrected chi connectivity index (χ0v) is 8.89. The van der Waals surface area contributed by atoms with E-state index in [2.05, 4.69) is 4.98 Å². The molecule has 0 fully saturated rings. The zero-order valence-electron chi connectivity index (χ0n) is 7.31. The van der Waals surface area contributed by atoms with Crippen molar-refractivity contribution in [1.82, 2.24) is 4.98 Å². The Labute approximate surface area is 91.1 Å². The normalized spacial score (nSPS) is 10.1. The minimum atomic E-state index is 0.505. The maximum atomic E-state index is 5.75. The summed E-state index contributed by atoms with van der Waals surface area (Å²) in [6.45, 7) is 0.505. The summed E-state index contributed by atoms with van der Waals surface area (Å²) in [5, 5.41) is 2.68. The number of nitrogens with zero attached hydrogens (tertiary/aromatic N) is 1. The highest BCUT2D eigenvalue weighted by Crippen LogP contribution is 2.16. The Morgan fingerprint density at radius 2 is 2.07 bits per heavy atom. The lowest BCUT2D eigenvalue weighted by molar-refractivity contribution is 0.302. The van der Waals surface area contributed by atoms with E-state index in [1.54, 1.807) is 29.0 Å². The first kappa shape index (κ1) is 9.49. The first-order chi connectivity index (χ1) is 6.84. The average Bonchev–Trinajstić information content (AvgIpc) is 2.70. The summed E-state index contributed by atoms with van der Waals surface area (Å²) in [5.41, 5.74) is 2.74. The Morgan fingerprint density at radius 3 is 2.71 bits per heavy atom. The van der Waals surface area contributed by atoms with E-state index in [9.17, 15) is 0 Å². The van der Waals surface area contributed by atoms with Gasteiger partial charge in [-0.25, -0.2) is 4.98 Å². The molecule has 0 saturated heterocycles. The summed E-state index contributed by atoms with van der Waals surface area (Å²) in [5.74, 6) is 0.808. The highest BCUT2D eigenvalue weighted by molar-refractivity contribution is 7.07. The van der Waals surface area contributed by atoms with Gasteiger partial charge in [0.1, 0.15) is 12.4 Å². The summed E-state index contributed by atoms with van der Waals surface area (Å²) < 4.78 is 5.49. The van der Waals surface area contributed by atoms with Gasteiger partial charge in [0.05, 0.1) is 11.2 Å². The van der Waals surface area contributed by atoms with Gasteiger partial charge in [-0.2, -0.15) is 0 Å². The highest BCUT2D eigenvalue weighted by atomic mass is 35.5. The number of halogens is 1. The number of thiazole rings is 1. The molecule has 14 heavy (non-hydrogen) atoms. The number of benzene rings is 1. The smallest absolute Gasteiger partial charge is 0.131 e. The second kappa shape index (κ2) is 4.44. The van der Waals surface area contributed by atoms with Gasteiger partial charge in [0.25, 0.3) is 0 Å².